The molecule has 8 nitrogen and oxygen atoms in total. The predicted molar refractivity (Wildman–Crippen MR) is 95.8 cm³/mol. The summed E-state index contributed by atoms with van der Waals surface area (Å²) in [5.41, 5.74) is -1.34. The van der Waals surface area contributed by atoms with E-state index < -0.39 is 11.2 Å². The summed E-state index contributed by atoms with van der Waals surface area (Å²) in [5, 5.41) is 12.5. The minimum atomic E-state index is -0.584. The minimum Gasteiger partial charge on any atom is -0.373 e. The number of anilines is 1. The van der Waals surface area contributed by atoms with E-state index in [1.54, 1.807) is 7.05 Å². The molecule has 1 aromatic heterocycles. The maximum Gasteiger partial charge on any atom is 0.332 e. The second-order valence-corrected chi connectivity index (χ2v) is 7.37. The molecule has 1 saturated heterocycles. The van der Waals surface area contributed by atoms with E-state index in [-0.39, 0.29) is 29.1 Å². The highest BCUT2D eigenvalue weighted by molar-refractivity contribution is 5.51. The van der Waals surface area contributed by atoms with Crippen molar-refractivity contribution in [1.29, 1.82) is 5.26 Å². The normalized spacial score (nSPS) is 21.8. The molecule has 25 heavy (non-hydrogen) atoms. The quantitative estimate of drug-likeness (QED) is 0.838. The van der Waals surface area contributed by atoms with Crippen LogP contribution in [0.4, 0.5) is 5.82 Å². The van der Waals surface area contributed by atoms with E-state index in [1.165, 1.54) is 11.6 Å². The summed E-state index contributed by atoms with van der Waals surface area (Å²) in [4.78, 5) is 26.6. The van der Waals surface area contributed by atoms with Gasteiger partial charge in [-0.1, -0.05) is 0 Å². The van der Waals surface area contributed by atoms with Crippen LogP contribution in [0.25, 0.3) is 0 Å². The summed E-state index contributed by atoms with van der Waals surface area (Å²) >= 11 is 0. The van der Waals surface area contributed by atoms with Gasteiger partial charge in [-0.3, -0.25) is 18.8 Å². The Bertz CT molecular complexity index is 792. The summed E-state index contributed by atoms with van der Waals surface area (Å²) in [6.45, 7) is 10.4. The highest BCUT2D eigenvalue weighted by Gasteiger charge is 2.33. The molecule has 1 aliphatic heterocycles. The fourth-order valence-corrected chi connectivity index (χ4v) is 3.24. The van der Waals surface area contributed by atoms with Crippen LogP contribution in [-0.2, 0) is 18.8 Å². The minimum absolute atomic E-state index is 0.0517. The monoisotopic (exact) mass is 349 g/mol. The lowest BCUT2D eigenvalue weighted by Crippen LogP contribution is -2.57. The average molecular weight is 349 g/mol. The van der Waals surface area contributed by atoms with Gasteiger partial charge in [0.2, 0.25) is 0 Å². The van der Waals surface area contributed by atoms with Gasteiger partial charge in [-0.05, 0) is 27.7 Å². The number of morpholine rings is 1. The van der Waals surface area contributed by atoms with Crippen molar-refractivity contribution in [2.75, 3.05) is 25.0 Å². The van der Waals surface area contributed by atoms with Gasteiger partial charge in [0, 0.05) is 39.3 Å². The molecular formula is C17H27N5O3. The maximum atomic E-state index is 12.2. The lowest BCUT2D eigenvalue weighted by molar-refractivity contribution is -0.0933. The summed E-state index contributed by atoms with van der Waals surface area (Å²) in [6, 6.07) is 1.91. The molecule has 0 radical (unpaired) electrons. The molecule has 0 aromatic carbocycles. The number of rotatable bonds is 4. The Labute approximate surface area is 147 Å². The maximum absolute atomic E-state index is 12.2. The third-order valence-corrected chi connectivity index (χ3v) is 4.74. The van der Waals surface area contributed by atoms with Crippen LogP contribution in [-0.4, -0.2) is 51.4 Å². The van der Waals surface area contributed by atoms with Gasteiger partial charge in [-0.2, -0.15) is 5.26 Å². The lowest BCUT2D eigenvalue weighted by atomic mass is 10.00. The second-order valence-electron chi connectivity index (χ2n) is 7.37. The molecule has 0 bridgehead atoms. The number of hydrogen-bond donors (Lipinski definition) is 1. The van der Waals surface area contributed by atoms with Crippen molar-refractivity contribution in [2.45, 2.75) is 45.4 Å². The van der Waals surface area contributed by atoms with Crippen molar-refractivity contribution in [3.8, 4) is 6.07 Å². The van der Waals surface area contributed by atoms with Crippen LogP contribution in [0.3, 0.4) is 0 Å². The number of nitrogens with one attached hydrogen (secondary N) is 1. The van der Waals surface area contributed by atoms with Crippen molar-refractivity contribution in [1.82, 2.24) is 14.0 Å². The molecule has 2 atom stereocenters. The number of ether oxygens (including phenoxy) is 1. The molecule has 1 aliphatic rings. The van der Waals surface area contributed by atoms with Gasteiger partial charge in [0.25, 0.3) is 5.56 Å². The number of aromatic nitrogens is 2. The number of nitrogens with zero attached hydrogens (tertiary/aromatic N) is 4. The van der Waals surface area contributed by atoms with Crippen LogP contribution < -0.4 is 16.6 Å². The van der Waals surface area contributed by atoms with Gasteiger partial charge < -0.3 is 10.1 Å². The SMILES string of the molecule is CC1CN(C(C)(C)CNc2c(C#N)c(=O)n(C)c(=O)n2C)CC(C)O1. The fourth-order valence-electron chi connectivity index (χ4n) is 3.24. The third-order valence-electron chi connectivity index (χ3n) is 4.74. The van der Waals surface area contributed by atoms with Crippen molar-refractivity contribution >= 4 is 5.82 Å². The van der Waals surface area contributed by atoms with Crippen molar-refractivity contribution in [3.63, 3.8) is 0 Å². The van der Waals surface area contributed by atoms with Crippen LogP contribution in [0.1, 0.15) is 33.3 Å². The topological polar surface area (TPSA) is 92.3 Å². The first-order valence-electron chi connectivity index (χ1n) is 8.43. The molecule has 0 aliphatic carbocycles. The molecule has 1 fully saturated rings. The van der Waals surface area contributed by atoms with Crippen LogP contribution in [0.15, 0.2) is 9.59 Å². The summed E-state index contributed by atoms with van der Waals surface area (Å²) < 4.78 is 8.03. The zero-order chi connectivity index (χ0) is 18.9. The Morgan fingerprint density at radius 2 is 1.76 bits per heavy atom. The van der Waals surface area contributed by atoms with Gasteiger partial charge >= 0.3 is 5.69 Å². The first kappa shape index (κ1) is 19.2. The van der Waals surface area contributed by atoms with E-state index >= 15 is 0 Å². The van der Waals surface area contributed by atoms with E-state index in [4.69, 9.17) is 4.74 Å². The molecule has 2 rings (SSSR count). The molecule has 0 amide bonds. The number of nitriles is 1. The van der Waals surface area contributed by atoms with Gasteiger partial charge in [0.1, 0.15) is 11.9 Å². The van der Waals surface area contributed by atoms with E-state index in [0.29, 0.717) is 6.54 Å². The molecule has 0 saturated carbocycles. The largest absolute Gasteiger partial charge is 0.373 e. The Balaban J connectivity index is 2.28. The third kappa shape index (κ3) is 3.78. The van der Waals surface area contributed by atoms with E-state index in [1.807, 2.05) is 19.9 Å². The van der Waals surface area contributed by atoms with Gasteiger partial charge in [-0.25, -0.2) is 4.79 Å². The highest BCUT2D eigenvalue weighted by Crippen LogP contribution is 2.22. The molecule has 2 heterocycles. The van der Waals surface area contributed by atoms with Crippen LogP contribution >= 0.6 is 0 Å². The molecule has 0 spiro atoms. The fraction of sp³-hybridized carbons (Fsp3) is 0.706. The Morgan fingerprint density at radius 1 is 1.20 bits per heavy atom. The van der Waals surface area contributed by atoms with Crippen molar-refractivity contribution in [2.24, 2.45) is 14.1 Å². The predicted octanol–water partition coefficient (Wildman–Crippen LogP) is 0.255. The lowest BCUT2D eigenvalue weighted by Gasteiger charge is -2.45. The van der Waals surface area contributed by atoms with E-state index in [9.17, 15) is 14.9 Å². The van der Waals surface area contributed by atoms with Crippen molar-refractivity contribution in [3.05, 3.63) is 26.4 Å². The number of hydrogen-bond acceptors (Lipinski definition) is 6. The standard InChI is InChI=1S/C17H27N5O3/c1-11-8-22(9-12(2)25-11)17(3,4)10-19-14-13(7-18)15(23)21(6)16(24)20(14)5/h11-12,19H,8-10H2,1-6H3. The van der Waals surface area contributed by atoms with E-state index in [2.05, 4.69) is 24.1 Å². The highest BCUT2D eigenvalue weighted by atomic mass is 16.5. The van der Waals surface area contributed by atoms with Crippen molar-refractivity contribution < 1.29 is 4.74 Å². The average Bonchev–Trinajstić information content (AvgIpc) is 2.54. The van der Waals surface area contributed by atoms with Gasteiger partial charge in [0.05, 0.1) is 12.2 Å². The second kappa shape index (κ2) is 7.02. The molecule has 138 valence electrons. The van der Waals surface area contributed by atoms with Crippen LogP contribution in [0.2, 0.25) is 0 Å². The zero-order valence-electron chi connectivity index (χ0n) is 15.8. The Kier molecular flexibility index (Phi) is 5.40. The molecule has 8 heteroatoms. The first-order chi connectivity index (χ1) is 11.6. The van der Waals surface area contributed by atoms with Crippen LogP contribution in [0, 0.1) is 11.3 Å². The first-order valence-corrected chi connectivity index (χ1v) is 8.43. The zero-order valence-corrected chi connectivity index (χ0v) is 15.8. The van der Waals surface area contributed by atoms with Gasteiger partial charge in [-0.15, -0.1) is 0 Å². The summed E-state index contributed by atoms with van der Waals surface area (Å²) in [5.74, 6) is 0.262. The molecular weight excluding hydrogens is 322 g/mol. The Hall–Kier alpha value is -2.11. The molecule has 1 N–H and O–H groups in total. The smallest absolute Gasteiger partial charge is 0.332 e. The van der Waals surface area contributed by atoms with Crippen LogP contribution in [0.5, 0.6) is 0 Å². The van der Waals surface area contributed by atoms with E-state index in [0.717, 1.165) is 17.7 Å². The Morgan fingerprint density at radius 3 is 2.28 bits per heavy atom. The summed E-state index contributed by atoms with van der Waals surface area (Å²) in [7, 11) is 2.92. The summed E-state index contributed by atoms with van der Waals surface area (Å²) in [6.07, 6.45) is 0.289. The van der Waals surface area contributed by atoms with Gasteiger partial charge in [0.15, 0.2) is 5.56 Å². The molecule has 2 unspecified atom stereocenters. The molecule has 1 aromatic rings.